The summed E-state index contributed by atoms with van der Waals surface area (Å²) in [7, 11) is 1.05. The normalized spacial score (nSPS) is 12.8. The third kappa shape index (κ3) is 4.65. The van der Waals surface area contributed by atoms with E-state index in [1.165, 1.54) is 12.1 Å². The van der Waals surface area contributed by atoms with Gasteiger partial charge < -0.3 is 4.74 Å². The lowest BCUT2D eigenvalue weighted by molar-refractivity contribution is -0.143. The number of ether oxygens (including phenoxy) is 1. The van der Waals surface area contributed by atoms with Gasteiger partial charge in [0.2, 0.25) is 0 Å². The lowest BCUT2D eigenvalue weighted by atomic mass is 9.94. The number of benzene rings is 2. The maximum Gasteiger partial charge on any atom is 0.416 e. The molecule has 138 valence electrons. The number of methoxy groups -OCH3 is 1. The van der Waals surface area contributed by atoms with E-state index in [4.69, 9.17) is 0 Å². The average Bonchev–Trinajstić information content (AvgIpc) is 2.58. The van der Waals surface area contributed by atoms with E-state index in [0.717, 1.165) is 13.2 Å². The molecule has 0 unspecified atom stereocenters. The number of rotatable bonds is 3. The summed E-state index contributed by atoms with van der Waals surface area (Å²) in [5.41, 5.74) is -3.17. The Labute approximate surface area is 144 Å². The summed E-state index contributed by atoms with van der Waals surface area (Å²) in [6, 6.07) is 8.78. The zero-order valence-electron chi connectivity index (χ0n) is 13.3. The molecule has 0 aromatic heterocycles. The highest BCUT2D eigenvalue weighted by atomic mass is 19.4. The Morgan fingerprint density at radius 3 is 1.77 bits per heavy atom. The van der Waals surface area contributed by atoms with Crippen molar-refractivity contribution in [1.29, 1.82) is 0 Å². The van der Waals surface area contributed by atoms with Crippen LogP contribution >= 0.6 is 0 Å². The van der Waals surface area contributed by atoms with Gasteiger partial charge in [-0.15, -0.1) is 0 Å². The molecule has 26 heavy (non-hydrogen) atoms. The summed E-state index contributed by atoms with van der Waals surface area (Å²) < 4.78 is 82.8. The molecule has 0 heterocycles. The van der Waals surface area contributed by atoms with Crippen LogP contribution in [0.25, 0.3) is 5.57 Å². The minimum Gasteiger partial charge on any atom is -0.466 e. The fourth-order valence-corrected chi connectivity index (χ4v) is 2.24. The fraction of sp³-hybridized carbons (Fsp3) is 0.167. The van der Waals surface area contributed by atoms with Crippen LogP contribution < -0.4 is 0 Å². The van der Waals surface area contributed by atoms with E-state index in [-0.39, 0.29) is 17.2 Å². The molecule has 0 aliphatic heterocycles. The van der Waals surface area contributed by atoms with Gasteiger partial charge in [0.1, 0.15) is 0 Å². The van der Waals surface area contributed by atoms with Crippen LogP contribution in [-0.4, -0.2) is 13.1 Å². The molecule has 2 rings (SSSR count). The zero-order valence-corrected chi connectivity index (χ0v) is 13.3. The standard InChI is InChI=1S/C18H12F6O2/c1-26-16(25)10-15(11-5-3-2-4-6-11)12-7-13(17(19,20)21)9-14(8-12)18(22,23)24/h2-10H,1H3. The van der Waals surface area contributed by atoms with Crippen molar-refractivity contribution in [2.75, 3.05) is 7.11 Å². The molecule has 8 heteroatoms. The second kappa shape index (κ2) is 7.23. The van der Waals surface area contributed by atoms with Gasteiger partial charge >= 0.3 is 18.3 Å². The van der Waals surface area contributed by atoms with Gasteiger partial charge in [0.15, 0.2) is 0 Å². The van der Waals surface area contributed by atoms with Crippen molar-refractivity contribution in [1.82, 2.24) is 0 Å². The van der Waals surface area contributed by atoms with Gasteiger partial charge in [-0.25, -0.2) is 4.79 Å². The summed E-state index contributed by atoms with van der Waals surface area (Å²) in [4.78, 5) is 11.6. The molecule has 0 spiro atoms. The smallest absolute Gasteiger partial charge is 0.416 e. The summed E-state index contributed by atoms with van der Waals surface area (Å²) in [5, 5.41) is 0. The minimum absolute atomic E-state index is 0.0320. The summed E-state index contributed by atoms with van der Waals surface area (Å²) in [6.45, 7) is 0. The molecule has 0 radical (unpaired) electrons. The number of hydrogen-bond donors (Lipinski definition) is 0. The van der Waals surface area contributed by atoms with E-state index in [2.05, 4.69) is 4.74 Å². The predicted molar refractivity (Wildman–Crippen MR) is 82.0 cm³/mol. The topological polar surface area (TPSA) is 26.3 Å². The number of hydrogen-bond acceptors (Lipinski definition) is 2. The van der Waals surface area contributed by atoms with E-state index in [1.54, 1.807) is 18.2 Å². The molecule has 0 saturated carbocycles. The van der Waals surface area contributed by atoms with Crippen LogP contribution in [0.4, 0.5) is 26.3 Å². The van der Waals surface area contributed by atoms with Crippen LogP contribution in [0.15, 0.2) is 54.6 Å². The molecule has 0 N–H and O–H groups in total. The summed E-state index contributed by atoms with van der Waals surface area (Å²) >= 11 is 0. The number of halogens is 6. The predicted octanol–water partition coefficient (Wildman–Crippen LogP) is 5.33. The molecule has 2 aromatic carbocycles. The Balaban J connectivity index is 2.75. The zero-order chi connectivity index (χ0) is 19.5. The van der Waals surface area contributed by atoms with Gasteiger partial charge in [-0.3, -0.25) is 0 Å². The first kappa shape index (κ1) is 19.6. The van der Waals surface area contributed by atoms with Gasteiger partial charge in [-0.05, 0) is 34.9 Å². The number of carbonyl (C=O) groups excluding carboxylic acids is 1. The number of alkyl halides is 6. The van der Waals surface area contributed by atoms with Gasteiger partial charge in [0, 0.05) is 6.08 Å². The molecule has 0 bridgehead atoms. The van der Waals surface area contributed by atoms with E-state index >= 15 is 0 Å². The second-order valence-corrected chi connectivity index (χ2v) is 5.24. The highest BCUT2D eigenvalue weighted by molar-refractivity contribution is 5.96. The largest absolute Gasteiger partial charge is 0.466 e. The van der Waals surface area contributed by atoms with Crippen LogP contribution in [-0.2, 0) is 21.9 Å². The van der Waals surface area contributed by atoms with Crippen molar-refractivity contribution in [3.05, 3.63) is 76.9 Å². The quantitative estimate of drug-likeness (QED) is 0.412. The fourth-order valence-electron chi connectivity index (χ4n) is 2.24. The molecule has 0 aliphatic rings. The Kier molecular flexibility index (Phi) is 5.44. The summed E-state index contributed by atoms with van der Waals surface area (Å²) in [6.07, 6.45) is -9.11. The Morgan fingerprint density at radius 1 is 0.846 bits per heavy atom. The van der Waals surface area contributed by atoms with Crippen LogP contribution in [0.5, 0.6) is 0 Å². The number of esters is 1. The molecule has 0 fully saturated rings. The van der Waals surface area contributed by atoms with Crippen LogP contribution in [0.2, 0.25) is 0 Å². The average molecular weight is 374 g/mol. The van der Waals surface area contributed by atoms with Crippen LogP contribution in [0, 0.1) is 0 Å². The molecule has 0 atom stereocenters. The van der Waals surface area contributed by atoms with Gasteiger partial charge in [0.25, 0.3) is 0 Å². The van der Waals surface area contributed by atoms with Crippen molar-refractivity contribution in [3.8, 4) is 0 Å². The maximum absolute atomic E-state index is 13.1. The van der Waals surface area contributed by atoms with E-state index < -0.39 is 35.0 Å². The molecule has 2 aromatic rings. The lowest BCUT2D eigenvalue weighted by Crippen LogP contribution is -2.12. The van der Waals surface area contributed by atoms with Crippen molar-refractivity contribution in [3.63, 3.8) is 0 Å². The van der Waals surface area contributed by atoms with Crippen molar-refractivity contribution < 1.29 is 35.9 Å². The van der Waals surface area contributed by atoms with Gasteiger partial charge in [-0.2, -0.15) is 26.3 Å². The number of carbonyl (C=O) groups is 1. The minimum atomic E-state index is -4.98. The first-order valence-electron chi connectivity index (χ1n) is 7.17. The first-order chi connectivity index (χ1) is 12.0. The van der Waals surface area contributed by atoms with E-state index in [1.807, 2.05) is 0 Å². The molecule has 0 amide bonds. The summed E-state index contributed by atoms with van der Waals surface area (Å²) in [5.74, 6) is -0.908. The van der Waals surface area contributed by atoms with Crippen molar-refractivity contribution in [2.24, 2.45) is 0 Å². The first-order valence-corrected chi connectivity index (χ1v) is 7.17. The third-order valence-electron chi connectivity index (χ3n) is 3.45. The van der Waals surface area contributed by atoms with Crippen LogP contribution in [0.1, 0.15) is 22.3 Å². The second-order valence-electron chi connectivity index (χ2n) is 5.24. The van der Waals surface area contributed by atoms with E-state index in [0.29, 0.717) is 12.1 Å². The molecule has 0 aliphatic carbocycles. The Bertz CT molecular complexity index is 788. The molecule has 2 nitrogen and oxygen atoms in total. The Morgan fingerprint density at radius 2 is 1.35 bits per heavy atom. The molecular weight excluding hydrogens is 362 g/mol. The van der Waals surface area contributed by atoms with Crippen molar-refractivity contribution >= 4 is 11.5 Å². The molecular formula is C18H12F6O2. The maximum atomic E-state index is 13.1. The third-order valence-corrected chi connectivity index (χ3v) is 3.45. The highest BCUT2D eigenvalue weighted by Crippen LogP contribution is 2.38. The van der Waals surface area contributed by atoms with Gasteiger partial charge in [-0.1, -0.05) is 30.3 Å². The van der Waals surface area contributed by atoms with Gasteiger partial charge in [0.05, 0.1) is 18.2 Å². The SMILES string of the molecule is COC(=O)C=C(c1ccccc1)c1cc(C(F)(F)F)cc(C(F)(F)F)c1. The lowest BCUT2D eigenvalue weighted by Gasteiger charge is -2.16. The highest BCUT2D eigenvalue weighted by Gasteiger charge is 2.37. The van der Waals surface area contributed by atoms with E-state index in [9.17, 15) is 31.1 Å². The van der Waals surface area contributed by atoms with Crippen LogP contribution in [0.3, 0.4) is 0 Å². The van der Waals surface area contributed by atoms with Crippen molar-refractivity contribution in [2.45, 2.75) is 12.4 Å². The molecule has 0 saturated heterocycles. The monoisotopic (exact) mass is 374 g/mol. The Hall–Kier alpha value is -2.77.